The highest BCUT2D eigenvalue weighted by Gasteiger charge is 2.31. The van der Waals surface area contributed by atoms with Gasteiger partial charge < -0.3 is 26.2 Å². The van der Waals surface area contributed by atoms with Crippen molar-refractivity contribution in [3.8, 4) is 11.1 Å². The highest BCUT2D eigenvalue weighted by atomic mass is 19.4. The summed E-state index contributed by atoms with van der Waals surface area (Å²) in [5, 5.41) is 19.9. The summed E-state index contributed by atoms with van der Waals surface area (Å²) in [7, 11) is 0. The zero-order valence-corrected chi connectivity index (χ0v) is 21.9. The van der Waals surface area contributed by atoms with Crippen molar-refractivity contribution in [2.45, 2.75) is 25.7 Å². The third kappa shape index (κ3) is 5.94. The van der Waals surface area contributed by atoms with Gasteiger partial charge in [-0.1, -0.05) is 12.1 Å². The average molecular weight is 574 g/mol. The van der Waals surface area contributed by atoms with Crippen molar-refractivity contribution in [3.63, 3.8) is 0 Å². The summed E-state index contributed by atoms with van der Waals surface area (Å²) >= 11 is 0. The highest BCUT2D eigenvalue weighted by Crippen LogP contribution is 2.39. The number of rotatable bonds is 6. The molecule has 2 aromatic heterocycles. The van der Waals surface area contributed by atoms with Crippen LogP contribution in [0.15, 0.2) is 48.8 Å². The molecule has 0 aliphatic carbocycles. The molecule has 0 spiro atoms. The van der Waals surface area contributed by atoms with Crippen LogP contribution in [0.4, 0.5) is 39.5 Å². The van der Waals surface area contributed by atoms with Gasteiger partial charge >= 0.3 is 12.2 Å². The Morgan fingerprint density at radius 3 is 2.51 bits per heavy atom. The summed E-state index contributed by atoms with van der Waals surface area (Å²) in [6, 6.07) is 7.32. The molecule has 1 aliphatic heterocycles. The van der Waals surface area contributed by atoms with E-state index in [-0.39, 0.29) is 5.82 Å². The maximum absolute atomic E-state index is 14.0. The zero-order chi connectivity index (χ0) is 29.3. The molecule has 2 amide bonds. The number of alkyl halides is 3. The van der Waals surface area contributed by atoms with Crippen LogP contribution in [0, 0.1) is 5.82 Å². The van der Waals surface area contributed by atoms with Crippen LogP contribution in [-0.4, -0.2) is 56.9 Å². The largest absolute Gasteiger partial charge is 0.416 e. The van der Waals surface area contributed by atoms with E-state index in [1.807, 2.05) is 0 Å². The highest BCUT2D eigenvalue weighted by molar-refractivity contribution is 6.00. The molecule has 14 heteroatoms. The molecular formula is C27H27F4N7O3. The molecule has 0 radical (unpaired) electrons. The second-order valence-corrected chi connectivity index (χ2v) is 9.55. The van der Waals surface area contributed by atoms with Crippen LogP contribution in [0.3, 0.4) is 0 Å². The predicted octanol–water partition coefficient (Wildman–Crippen LogP) is 4.67. The molecular weight excluding hydrogens is 546 g/mol. The molecule has 2 aromatic carbocycles. The summed E-state index contributed by atoms with van der Waals surface area (Å²) < 4.78 is 60.1. The van der Waals surface area contributed by atoms with Crippen molar-refractivity contribution >= 4 is 28.7 Å². The third-order valence-electron chi connectivity index (χ3n) is 6.76. The lowest BCUT2D eigenvalue weighted by Crippen LogP contribution is -2.36. The van der Waals surface area contributed by atoms with E-state index in [1.165, 1.54) is 6.33 Å². The fourth-order valence-electron chi connectivity index (χ4n) is 4.86. The van der Waals surface area contributed by atoms with E-state index in [2.05, 4.69) is 25.6 Å². The van der Waals surface area contributed by atoms with E-state index < -0.39 is 35.4 Å². The third-order valence-corrected chi connectivity index (χ3v) is 6.76. The summed E-state index contributed by atoms with van der Waals surface area (Å²) in [6.07, 6.45) is -4.23. The summed E-state index contributed by atoms with van der Waals surface area (Å²) in [6.45, 7) is 4.77. The van der Waals surface area contributed by atoms with Crippen molar-refractivity contribution < 1.29 is 32.2 Å². The lowest BCUT2D eigenvalue weighted by Gasteiger charge is -2.27. The number of nitrogens with zero attached hydrogens (tertiary/aromatic N) is 4. The van der Waals surface area contributed by atoms with Crippen LogP contribution < -0.4 is 16.4 Å². The Kier molecular flexibility index (Phi) is 7.80. The van der Waals surface area contributed by atoms with Gasteiger partial charge in [-0.15, -0.1) is 0 Å². The van der Waals surface area contributed by atoms with Crippen molar-refractivity contribution in [1.82, 2.24) is 19.5 Å². The maximum Gasteiger partial charge on any atom is 0.416 e. The number of aliphatic hydroxyl groups is 1. The zero-order valence-electron chi connectivity index (χ0n) is 21.9. The quantitative estimate of drug-likeness (QED) is 0.247. The predicted molar refractivity (Wildman–Crippen MR) is 144 cm³/mol. The first kappa shape index (κ1) is 28.3. The minimum atomic E-state index is -4.69. The van der Waals surface area contributed by atoms with Crippen LogP contribution >= 0.6 is 0 Å². The number of halogens is 4. The van der Waals surface area contributed by atoms with E-state index in [4.69, 9.17) is 10.5 Å². The monoisotopic (exact) mass is 573 g/mol. The normalized spacial score (nSPS) is 15.2. The number of ether oxygens (including phenoxy) is 1. The number of aromatic nitrogens is 3. The van der Waals surface area contributed by atoms with Gasteiger partial charge in [0.05, 0.1) is 36.3 Å². The second-order valence-electron chi connectivity index (χ2n) is 9.55. The number of amides is 2. The van der Waals surface area contributed by atoms with Crippen LogP contribution in [0.25, 0.3) is 16.6 Å². The van der Waals surface area contributed by atoms with E-state index in [0.29, 0.717) is 65.9 Å². The Morgan fingerprint density at radius 2 is 1.85 bits per heavy atom. The minimum absolute atomic E-state index is 0.217. The fourth-order valence-corrected chi connectivity index (χ4v) is 4.86. The Bertz CT molecular complexity index is 1570. The summed E-state index contributed by atoms with van der Waals surface area (Å²) in [4.78, 5) is 18.8. The first-order valence-corrected chi connectivity index (χ1v) is 12.7. The Morgan fingerprint density at radius 1 is 1.15 bits per heavy atom. The number of morpholine rings is 1. The number of hydrogen-bond acceptors (Lipinski definition) is 7. The number of aliphatic hydroxyl groups excluding tert-OH is 1. The van der Waals surface area contributed by atoms with Gasteiger partial charge in [0.1, 0.15) is 17.7 Å². The number of carbonyl (C=O) groups is 1. The number of nitrogens with one attached hydrogen (secondary N) is 2. The van der Waals surface area contributed by atoms with Crippen LogP contribution in [0.1, 0.15) is 29.8 Å². The van der Waals surface area contributed by atoms with E-state index in [0.717, 1.165) is 18.8 Å². The van der Waals surface area contributed by atoms with Crippen molar-refractivity contribution in [1.29, 1.82) is 0 Å². The van der Waals surface area contributed by atoms with Gasteiger partial charge in [-0.2, -0.15) is 18.3 Å². The molecule has 1 saturated heterocycles. The Labute approximate surface area is 231 Å². The van der Waals surface area contributed by atoms with Crippen molar-refractivity contribution in [2.24, 2.45) is 0 Å². The second kappa shape index (κ2) is 11.3. The van der Waals surface area contributed by atoms with Gasteiger partial charge in [-0.3, -0.25) is 4.90 Å². The molecule has 0 saturated carbocycles. The smallest absolute Gasteiger partial charge is 0.389 e. The number of carbonyl (C=O) groups excluding carboxylic acids is 1. The van der Waals surface area contributed by atoms with E-state index in [1.54, 1.807) is 35.7 Å². The first-order valence-electron chi connectivity index (χ1n) is 12.7. The summed E-state index contributed by atoms with van der Waals surface area (Å²) in [5.74, 6) is -0.794. The standard InChI is InChI=1S/C27H27F4N7O3/c1-15(39)22-21(13-37-8-10-41-11-9-37)38-24(25(32)33-14-34-38)23(22)16-2-5-18(6-3-16)35-26(40)36-20-12-17(27(29,30)31)4-7-19(20)28/h2-7,12,14-15,39H,8-11,13H2,1H3,(H2,32,33,34)(H2,35,36,40). The first-order chi connectivity index (χ1) is 19.5. The minimum Gasteiger partial charge on any atom is -0.389 e. The number of anilines is 3. The molecule has 1 aliphatic rings. The molecule has 1 atom stereocenters. The molecule has 3 heterocycles. The number of benzene rings is 2. The van der Waals surface area contributed by atoms with Gasteiger partial charge in [-0.05, 0) is 42.8 Å². The number of fused-ring (bicyclic) bond motifs is 1. The molecule has 216 valence electrons. The SMILES string of the molecule is CC(O)c1c(-c2ccc(NC(=O)Nc3cc(C(F)(F)F)ccc3F)cc2)c2c(N)ncnn2c1CN1CCOCC1. The number of urea groups is 1. The summed E-state index contributed by atoms with van der Waals surface area (Å²) in [5.41, 5.74) is 8.04. The number of nitrogens with two attached hydrogens (primary N) is 1. The topological polar surface area (TPSA) is 130 Å². The van der Waals surface area contributed by atoms with Crippen molar-refractivity contribution in [3.05, 3.63) is 71.4 Å². The molecule has 1 fully saturated rings. The lowest BCUT2D eigenvalue weighted by molar-refractivity contribution is -0.137. The van der Waals surface area contributed by atoms with Gasteiger partial charge in [-0.25, -0.2) is 18.7 Å². The Hall–Kier alpha value is -4.27. The molecule has 1 unspecified atom stereocenters. The molecule has 5 N–H and O–H groups in total. The van der Waals surface area contributed by atoms with Crippen LogP contribution in [0.5, 0.6) is 0 Å². The van der Waals surface area contributed by atoms with Crippen molar-refractivity contribution in [2.75, 3.05) is 42.7 Å². The fraction of sp³-hybridized carbons (Fsp3) is 0.296. The number of hydrogen-bond donors (Lipinski definition) is 4. The van der Waals surface area contributed by atoms with Crippen LogP contribution in [-0.2, 0) is 17.5 Å². The van der Waals surface area contributed by atoms with Gasteiger partial charge in [0, 0.05) is 36.4 Å². The average Bonchev–Trinajstić information content (AvgIpc) is 3.26. The van der Waals surface area contributed by atoms with E-state index >= 15 is 0 Å². The molecule has 41 heavy (non-hydrogen) atoms. The Balaban J connectivity index is 1.43. The molecule has 4 aromatic rings. The molecule has 5 rings (SSSR count). The lowest BCUT2D eigenvalue weighted by atomic mass is 9.97. The number of nitrogen functional groups attached to an aromatic ring is 1. The van der Waals surface area contributed by atoms with Gasteiger partial charge in [0.2, 0.25) is 0 Å². The maximum atomic E-state index is 14.0. The van der Waals surface area contributed by atoms with E-state index in [9.17, 15) is 27.5 Å². The molecule has 10 nitrogen and oxygen atoms in total. The molecule has 0 bridgehead atoms. The van der Waals surface area contributed by atoms with Gasteiger partial charge in [0.15, 0.2) is 5.82 Å². The van der Waals surface area contributed by atoms with Crippen LogP contribution in [0.2, 0.25) is 0 Å². The van der Waals surface area contributed by atoms with Gasteiger partial charge in [0.25, 0.3) is 0 Å².